The number of carbonyl (C=O) groups is 2. The van der Waals surface area contributed by atoms with E-state index < -0.39 is 11.9 Å². The van der Waals surface area contributed by atoms with E-state index in [0.29, 0.717) is 12.4 Å². The molecule has 1 rings (SSSR count). The highest BCUT2D eigenvalue weighted by Gasteiger charge is 2.16. The van der Waals surface area contributed by atoms with Gasteiger partial charge in [-0.15, -0.1) is 10.2 Å². The summed E-state index contributed by atoms with van der Waals surface area (Å²) in [6.45, 7) is 3.90. The Balaban J connectivity index is 2.61. The van der Waals surface area contributed by atoms with Crippen molar-refractivity contribution in [3.8, 4) is 0 Å². The summed E-state index contributed by atoms with van der Waals surface area (Å²) in [5.74, 6) is 4.76. The lowest BCUT2D eigenvalue weighted by atomic mass is 10.3. The van der Waals surface area contributed by atoms with Gasteiger partial charge in [0.2, 0.25) is 5.91 Å². The SMILES string of the molecule is CCNC(=O)C(C)NC(=O)c1ccc(NN)nn1. The van der Waals surface area contributed by atoms with Gasteiger partial charge in [0, 0.05) is 6.54 Å². The van der Waals surface area contributed by atoms with Crippen LogP contribution in [0.5, 0.6) is 0 Å². The van der Waals surface area contributed by atoms with Gasteiger partial charge in [-0.25, -0.2) is 5.84 Å². The van der Waals surface area contributed by atoms with Gasteiger partial charge in [0.15, 0.2) is 11.5 Å². The molecule has 0 aliphatic heterocycles. The maximum Gasteiger partial charge on any atom is 0.272 e. The van der Waals surface area contributed by atoms with E-state index >= 15 is 0 Å². The van der Waals surface area contributed by atoms with Crippen molar-refractivity contribution in [2.45, 2.75) is 19.9 Å². The maximum absolute atomic E-state index is 11.7. The van der Waals surface area contributed by atoms with Crippen molar-refractivity contribution in [1.29, 1.82) is 0 Å². The van der Waals surface area contributed by atoms with Crippen LogP contribution in [0, 0.1) is 0 Å². The van der Waals surface area contributed by atoms with Gasteiger partial charge in [-0.3, -0.25) is 9.59 Å². The number of likely N-dealkylation sites (N-methyl/N-ethyl adjacent to an activating group) is 1. The average Bonchev–Trinajstić information content (AvgIpc) is 2.39. The molecule has 1 heterocycles. The first-order valence-electron chi connectivity index (χ1n) is 5.47. The van der Waals surface area contributed by atoms with Gasteiger partial charge in [-0.05, 0) is 26.0 Å². The summed E-state index contributed by atoms with van der Waals surface area (Å²) in [4.78, 5) is 23.1. The Morgan fingerprint density at radius 3 is 2.61 bits per heavy atom. The molecule has 8 heteroatoms. The van der Waals surface area contributed by atoms with Crippen LogP contribution in [-0.2, 0) is 4.79 Å². The summed E-state index contributed by atoms with van der Waals surface area (Å²) in [5, 5.41) is 12.4. The molecule has 0 aliphatic carbocycles. The zero-order valence-electron chi connectivity index (χ0n) is 10.2. The van der Waals surface area contributed by atoms with Gasteiger partial charge >= 0.3 is 0 Å². The summed E-state index contributed by atoms with van der Waals surface area (Å²) in [7, 11) is 0. The topological polar surface area (TPSA) is 122 Å². The normalized spacial score (nSPS) is 11.5. The third kappa shape index (κ3) is 3.67. The highest BCUT2D eigenvalue weighted by molar-refractivity contribution is 5.95. The Kier molecular flexibility index (Phi) is 5.00. The third-order valence-corrected chi connectivity index (χ3v) is 2.14. The van der Waals surface area contributed by atoms with E-state index in [1.165, 1.54) is 12.1 Å². The molecule has 5 N–H and O–H groups in total. The molecular weight excluding hydrogens is 236 g/mol. The van der Waals surface area contributed by atoms with Crippen molar-refractivity contribution in [1.82, 2.24) is 20.8 Å². The van der Waals surface area contributed by atoms with Gasteiger partial charge < -0.3 is 16.1 Å². The molecule has 1 aromatic rings. The number of hydrogen-bond acceptors (Lipinski definition) is 6. The van der Waals surface area contributed by atoms with E-state index in [9.17, 15) is 9.59 Å². The average molecular weight is 252 g/mol. The van der Waals surface area contributed by atoms with E-state index in [1.54, 1.807) is 13.8 Å². The zero-order valence-corrected chi connectivity index (χ0v) is 10.2. The smallest absolute Gasteiger partial charge is 0.272 e. The van der Waals surface area contributed by atoms with Crippen LogP contribution < -0.4 is 21.9 Å². The van der Waals surface area contributed by atoms with Crippen molar-refractivity contribution in [2.75, 3.05) is 12.0 Å². The van der Waals surface area contributed by atoms with Gasteiger partial charge in [-0.1, -0.05) is 0 Å². The van der Waals surface area contributed by atoms with Crippen LogP contribution in [0.25, 0.3) is 0 Å². The number of carbonyl (C=O) groups excluding carboxylic acids is 2. The standard InChI is InChI=1S/C10H16N6O2/c1-3-12-9(17)6(2)13-10(18)7-4-5-8(14-11)16-15-7/h4-6H,3,11H2,1-2H3,(H,12,17)(H,13,18)(H,14,16). The third-order valence-electron chi connectivity index (χ3n) is 2.14. The second kappa shape index (κ2) is 6.50. The number of hydrogen-bond donors (Lipinski definition) is 4. The Bertz CT molecular complexity index is 419. The van der Waals surface area contributed by atoms with Crippen LogP contribution in [0.15, 0.2) is 12.1 Å². The molecule has 0 saturated carbocycles. The van der Waals surface area contributed by atoms with Crippen LogP contribution in [-0.4, -0.2) is 34.6 Å². The molecule has 0 radical (unpaired) electrons. The first-order valence-corrected chi connectivity index (χ1v) is 5.47. The van der Waals surface area contributed by atoms with Crippen LogP contribution in [0.1, 0.15) is 24.3 Å². The number of aromatic nitrogens is 2. The number of anilines is 1. The molecule has 0 saturated heterocycles. The van der Waals surface area contributed by atoms with Crippen LogP contribution in [0.3, 0.4) is 0 Å². The molecule has 2 amide bonds. The Labute approximate surface area is 104 Å². The van der Waals surface area contributed by atoms with E-state index in [4.69, 9.17) is 5.84 Å². The number of nitrogens with one attached hydrogen (secondary N) is 3. The second-order valence-electron chi connectivity index (χ2n) is 3.54. The molecule has 1 atom stereocenters. The summed E-state index contributed by atoms with van der Waals surface area (Å²) < 4.78 is 0. The van der Waals surface area contributed by atoms with Crippen molar-refractivity contribution >= 4 is 17.6 Å². The zero-order chi connectivity index (χ0) is 13.5. The first-order chi connectivity index (χ1) is 8.58. The number of rotatable bonds is 5. The first kappa shape index (κ1) is 13.8. The lowest BCUT2D eigenvalue weighted by molar-refractivity contribution is -0.122. The predicted molar refractivity (Wildman–Crippen MR) is 65.5 cm³/mol. The molecule has 98 valence electrons. The number of nitrogen functional groups attached to an aromatic ring is 1. The molecular formula is C10H16N6O2. The summed E-state index contributed by atoms with van der Waals surface area (Å²) in [6, 6.07) is 2.34. The fourth-order valence-electron chi connectivity index (χ4n) is 1.19. The van der Waals surface area contributed by atoms with E-state index in [-0.39, 0.29) is 11.6 Å². The van der Waals surface area contributed by atoms with Crippen molar-refractivity contribution in [3.63, 3.8) is 0 Å². The minimum absolute atomic E-state index is 0.116. The van der Waals surface area contributed by atoms with Gasteiger partial charge in [0.25, 0.3) is 5.91 Å². The fourth-order valence-corrected chi connectivity index (χ4v) is 1.19. The lowest BCUT2D eigenvalue weighted by Gasteiger charge is -2.12. The van der Waals surface area contributed by atoms with E-state index in [1.807, 2.05) is 0 Å². The molecule has 1 aromatic heterocycles. The fraction of sp³-hybridized carbons (Fsp3) is 0.400. The van der Waals surface area contributed by atoms with Crippen molar-refractivity contribution in [3.05, 3.63) is 17.8 Å². The molecule has 0 aromatic carbocycles. The minimum Gasteiger partial charge on any atom is -0.355 e. The number of nitrogens with two attached hydrogens (primary N) is 1. The summed E-state index contributed by atoms with van der Waals surface area (Å²) in [5.41, 5.74) is 2.42. The van der Waals surface area contributed by atoms with E-state index in [0.717, 1.165) is 0 Å². The molecule has 0 spiro atoms. The molecule has 0 bridgehead atoms. The van der Waals surface area contributed by atoms with Crippen molar-refractivity contribution < 1.29 is 9.59 Å². The van der Waals surface area contributed by atoms with Gasteiger partial charge in [0.05, 0.1) is 0 Å². The largest absolute Gasteiger partial charge is 0.355 e. The second-order valence-corrected chi connectivity index (χ2v) is 3.54. The Hall–Kier alpha value is -2.22. The van der Waals surface area contributed by atoms with Crippen LogP contribution >= 0.6 is 0 Å². The molecule has 0 aliphatic rings. The summed E-state index contributed by atoms with van der Waals surface area (Å²) in [6.07, 6.45) is 0. The molecule has 18 heavy (non-hydrogen) atoms. The van der Waals surface area contributed by atoms with Crippen LogP contribution in [0.2, 0.25) is 0 Å². The number of amides is 2. The molecule has 0 fully saturated rings. The highest BCUT2D eigenvalue weighted by atomic mass is 16.2. The summed E-state index contributed by atoms with van der Waals surface area (Å²) >= 11 is 0. The predicted octanol–water partition coefficient (Wildman–Crippen LogP) is -0.983. The highest BCUT2D eigenvalue weighted by Crippen LogP contribution is 2.00. The van der Waals surface area contributed by atoms with Gasteiger partial charge in [-0.2, -0.15) is 0 Å². The van der Waals surface area contributed by atoms with Crippen molar-refractivity contribution in [2.24, 2.45) is 5.84 Å². The molecule has 8 nitrogen and oxygen atoms in total. The minimum atomic E-state index is -0.633. The number of nitrogens with zero attached hydrogens (tertiary/aromatic N) is 2. The quantitative estimate of drug-likeness (QED) is 0.394. The van der Waals surface area contributed by atoms with E-state index in [2.05, 4.69) is 26.3 Å². The Morgan fingerprint density at radius 2 is 2.11 bits per heavy atom. The van der Waals surface area contributed by atoms with Crippen LogP contribution in [0.4, 0.5) is 5.82 Å². The number of hydrazine groups is 1. The lowest BCUT2D eigenvalue weighted by Crippen LogP contribution is -2.44. The van der Waals surface area contributed by atoms with Gasteiger partial charge in [0.1, 0.15) is 6.04 Å². The monoisotopic (exact) mass is 252 g/mol. The maximum atomic E-state index is 11.7. The Morgan fingerprint density at radius 1 is 1.39 bits per heavy atom. The molecule has 1 unspecified atom stereocenters.